The number of fused-ring (bicyclic) bond motifs is 4. The van der Waals surface area contributed by atoms with Crippen molar-refractivity contribution in [3.63, 3.8) is 0 Å². The summed E-state index contributed by atoms with van der Waals surface area (Å²) in [5.41, 5.74) is 2.91. The van der Waals surface area contributed by atoms with E-state index in [2.05, 4.69) is 82.3 Å². The standard InChI is InChI=1S/C19H12N.C16H30O2.Ir/c1-2-7-15(8-3-1)18-13-11-17-16-9-5-4-6-14(16)10-12-19(17)20-18;1-15(2)9-5-7-11-8-6-10-16(3,4)14(18)12(11)13(15)17;/h1-7,9-13H;11-14,17-18H,5-10H2,1-4H3;/q-1;;. The molecule has 3 aromatic carbocycles. The van der Waals surface area contributed by atoms with Crippen LogP contribution in [0.5, 0.6) is 0 Å². The first kappa shape index (κ1) is 29.9. The van der Waals surface area contributed by atoms with E-state index in [9.17, 15) is 10.2 Å². The SMILES string of the molecule is CC1(C)CCCC2CCCC(C)(C)C(O)C2C1O.[Ir].[c-]1ccccc1-c1ccc2c(ccc3ccccc32)n1. The minimum Gasteiger partial charge on any atom is -0.392 e. The van der Waals surface area contributed by atoms with Gasteiger partial charge in [0.25, 0.3) is 0 Å². The van der Waals surface area contributed by atoms with Crippen molar-refractivity contribution >= 4 is 21.7 Å². The molecule has 1 aromatic heterocycles. The van der Waals surface area contributed by atoms with Gasteiger partial charge in [0.2, 0.25) is 0 Å². The second kappa shape index (κ2) is 12.2. The number of aliphatic hydroxyl groups is 2. The quantitative estimate of drug-likeness (QED) is 0.156. The zero-order valence-corrected chi connectivity index (χ0v) is 26.1. The van der Waals surface area contributed by atoms with Crippen LogP contribution in [0.2, 0.25) is 0 Å². The van der Waals surface area contributed by atoms with Crippen molar-refractivity contribution in [3.8, 4) is 11.3 Å². The second-order valence-electron chi connectivity index (χ2n) is 12.8. The van der Waals surface area contributed by atoms with Gasteiger partial charge < -0.3 is 10.2 Å². The Hall–Kier alpha value is -2.10. The molecule has 0 aliphatic heterocycles. The predicted octanol–water partition coefficient (Wildman–Crippen LogP) is 8.21. The minimum absolute atomic E-state index is 0. The van der Waals surface area contributed by atoms with Crippen LogP contribution in [0.15, 0.2) is 72.8 Å². The fraction of sp³-hybridized carbons (Fsp3) is 0.457. The van der Waals surface area contributed by atoms with Crippen molar-refractivity contribution in [2.24, 2.45) is 22.7 Å². The van der Waals surface area contributed by atoms with Crippen LogP contribution in [0.3, 0.4) is 0 Å². The number of hydrogen-bond donors (Lipinski definition) is 2. The molecule has 0 spiro atoms. The Morgan fingerprint density at radius 3 is 2.03 bits per heavy atom. The van der Waals surface area contributed by atoms with E-state index in [0.29, 0.717) is 5.92 Å². The maximum absolute atomic E-state index is 10.8. The smallest absolute Gasteiger partial charge is 0.0646 e. The summed E-state index contributed by atoms with van der Waals surface area (Å²) >= 11 is 0. The number of aromatic nitrogens is 1. The van der Waals surface area contributed by atoms with Gasteiger partial charge in [-0.1, -0.05) is 83.0 Å². The second-order valence-corrected chi connectivity index (χ2v) is 12.8. The monoisotopic (exact) mass is 701 g/mol. The molecule has 0 bridgehead atoms. The largest absolute Gasteiger partial charge is 0.392 e. The molecule has 4 aromatic rings. The van der Waals surface area contributed by atoms with Crippen molar-refractivity contribution < 1.29 is 30.3 Å². The third kappa shape index (κ3) is 6.30. The Kier molecular flexibility index (Phi) is 9.33. The molecule has 1 heterocycles. The summed E-state index contributed by atoms with van der Waals surface area (Å²) in [6, 6.07) is 28.0. The van der Waals surface area contributed by atoms with E-state index >= 15 is 0 Å². The summed E-state index contributed by atoms with van der Waals surface area (Å²) in [6.45, 7) is 8.63. The number of aliphatic hydroxyl groups excluding tert-OH is 2. The molecular weight excluding hydrogens is 659 g/mol. The van der Waals surface area contributed by atoms with Gasteiger partial charge in [-0.2, -0.15) is 0 Å². The van der Waals surface area contributed by atoms with Gasteiger partial charge in [-0.25, -0.2) is 0 Å². The molecule has 2 aliphatic rings. The number of rotatable bonds is 1. The van der Waals surface area contributed by atoms with E-state index in [0.717, 1.165) is 29.6 Å². The molecule has 1 radical (unpaired) electrons. The van der Waals surface area contributed by atoms with Gasteiger partial charge in [-0.3, -0.25) is 4.98 Å². The molecule has 39 heavy (non-hydrogen) atoms. The minimum atomic E-state index is -0.364. The van der Waals surface area contributed by atoms with Crippen molar-refractivity contribution in [3.05, 3.63) is 78.9 Å². The summed E-state index contributed by atoms with van der Waals surface area (Å²) in [4.78, 5) is 4.76. The molecule has 2 aliphatic carbocycles. The fourth-order valence-electron chi connectivity index (χ4n) is 6.78. The first-order valence-electron chi connectivity index (χ1n) is 14.3. The van der Waals surface area contributed by atoms with Crippen molar-refractivity contribution in [1.29, 1.82) is 0 Å². The summed E-state index contributed by atoms with van der Waals surface area (Å²) < 4.78 is 0. The van der Waals surface area contributed by atoms with Gasteiger partial charge in [0.15, 0.2) is 0 Å². The van der Waals surface area contributed by atoms with E-state index < -0.39 is 0 Å². The third-order valence-corrected chi connectivity index (χ3v) is 9.25. The van der Waals surface area contributed by atoms with Crippen LogP contribution in [0, 0.1) is 28.7 Å². The number of nitrogens with zero attached hydrogens (tertiary/aromatic N) is 1. The topological polar surface area (TPSA) is 53.4 Å². The predicted molar refractivity (Wildman–Crippen MR) is 158 cm³/mol. The molecule has 2 atom stereocenters. The first-order valence-corrected chi connectivity index (χ1v) is 14.3. The van der Waals surface area contributed by atoms with Crippen LogP contribution in [-0.4, -0.2) is 27.4 Å². The molecule has 3 nitrogen and oxygen atoms in total. The molecule has 209 valence electrons. The summed E-state index contributed by atoms with van der Waals surface area (Å²) in [6.07, 6.45) is 6.17. The number of hydrogen-bond acceptors (Lipinski definition) is 3. The first-order chi connectivity index (χ1) is 18.2. The van der Waals surface area contributed by atoms with E-state index in [1.54, 1.807) is 0 Å². The van der Waals surface area contributed by atoms with Gasteiger partial charge in [0.05, 0.1) is 17.7 Å². The average molecular weight is 701 g/mol. The number of benzene rings is 3. The van der Waals surface area contributed by atoms with Gasteiger partial charge in [-0.15, -0.1) is 35.9 Å². The Bertz CT molecular complexity index is 1360. The molecule has 2 unspecified atom stereocenters. The molecule has 2 N–H and O–H groups in total. The third-order valence-electron chi connectivity index (χ3n) is 9.25. The van der Waals surface area contributed by atoms with Gasteiger partial charge in [0.1, 0.15) is 0 Å². The van der Waals surface area contributed by atoms with Crippen molar-refractivity contribution in [2.75, 3.05) is 0 Å². The van der Waals surface area contributed by atoms with Crippen molar-refractivity contribution in [2.45, 2.75) is 78.4 Å². The Morgan fingerprint density at radius 1 is 0.744 bits per heavy atom. The van der Waals surface area contributed by atoms with E-state index in [-0.39, 0.29) is 49.1 Å². The molecule has 6 rings (SSSR count). The Balaban J connectivity index is 0.000000178. The Morgan fingerprint density at radius 2 is 1.38 bits per heavy atom. The zero-order valence-electron chi connectivity index (χ0n) is 23.7. The van der Waals surface area contributed by atoms with Gasteiger partial charge in [0, 0.05) is 31.4 Å². The van der Waals surface area contributed by atoms with Crippen LogP contribution in [0.25, 0.3) is 32.9 Å². The Labute approximate surface area is 247 Å². The van der Waals surface area contributed by atoms with Gasteiger partial charge in [-0.05, 0) is 65.0 Å². The van der Waals surface area contributed by atoms with Crippen molar-refractivity contribution in [1.82, 2.24) is 4.98 Å². The van der Waals surface area contributed by atoms with Crippen LogP contribution < -0.4 is 0 Å². The fourth-order valence-corrected chi connectivity index (χ4v) is 6.78. The summed E-state index contributed by atoms with van der Waals surface area (Å²) in [5, 5.41) is 25.3. The molecule has 0 amide bonds. The molecular formula is C35H42IrNO2-. The van der Waals surface area contributed by atoms with E-state index in [1.807, 2.05) is 24.3 Å². The summed E-state index contributed by atoms with van der Waals surface area (Å²) in [7, 11) is 0. The molecule has 2 fully saturated rings. The van der Waals surface area contributed by atoms with Crippen LogP contribution in [-0.2, 0) is 20.1 Å². The maximum Gasteiger partial charge on any atom is 0.0646 e. The molecule has 2 saturated carbocycles. The van der Waals surface area contributed by atoms with Crippen LogP contribution in [0.4, 0.5) is 0 Å². The molecule has 0 saturated heterocycles. The average Bonchev–Trinajstić information content (AvgIpc) is 3.10. The van der Waals surface area contributed by atoms with E-state index in [4.69, 9.17) is 4.98 Å². The maximum atomic E-state index is 10.8. The number of pyridine rings is 1. The van der Waals surface area contributed by atoms with Crippen LogP contribution in [0.1, 0.15) is 66.2 Å². The van der Waals surface area contributed by atoms with Crippen LogP contribution >= 0.6 is 0 Å². The van der Waals surface area contributed by atoms with E-state index in [1.165, 1.54) is 41.8 Å². The van der Waals surface area contributed by atoms with Gasteiger partial charge >= 0.3 is 0 Å². The normalized spacial score (nSPS) is 25.8. The summed E-state index contributed by atoms with van der Waals surface area (Å²) in [5.74, 6) is 0.582. The zero-order chi connectivity index (χ0) is 26.9. The molecule has 4 heteroatoms.